The van der Waals surface area contributed by atoms with Crippen molar-refractivity contribution in [3.8, 4) is 5.75 Å². The van der Waals surface area contributed by atoms with E-state index in [1.54, 1.807) is 24.3 Å². The maximum atomic E-state index is 12.5. The van der Waals surface area contributed by atoms with E-state index in [0.717, 1.165) is 10.5 Å². The number of thioether (sulfide) groups is 1. The summed E-state index contributed by atoms with van der Waals surface area (Å²) in [4.78, 5) is 36.9. The monoisotopic (exact) mass is 502 g/mol. The quantitative estimate of drug-likeness (QED) is 0.472. The number of rotatable bonds is 8. The Bertz CT molecular complexity index is 1050. The summed E-state index contributed by atoms with van der Waals surface area (Å²) < 4.78 is 5.94. The lowest BCUT2D eigenvalue weighted by Gasteiger charge is -2.26. The Morgan fingerprint density at radius 2 is 1.71 bits per heavy atom. The number of hydrogen-bond donors (Lipinski definition) is 3. The third-order valence-electron chi connectivity index (χ3n) is 6.16. The maximum absolute atomic E-state index is 12.5. The van der Waals surface area contributed by atoms with Crippen molar-refractivity contribution in [2.75, 3.05) is 13.1 Å². The van der Waals surface area contributed by atoms with Gasteiger partial charge in [-0.1, -0.05) is 23.7 Å². The molecule has 1 atom stereocenters. The smallest absolute Gasteiger partial charge is 0.306 e. The van der Waals surface area contributed by atoms with Crippen molar-refractivity contribution in [1.82, 2.24) is 10.6 Å². The van der Waals surface area contributed by atoms with Crippen molar-refractivity contribution in [3.05, 3.63) is 58.6 Å². The van der Waals surface area contributed by atoms with E-state index in [9.17, 15) is 14.4 Å². The van der Waals surface area contributed by atoms with Crippen molar-refractivity contribution in [2.45, 2.75) is 48.4 Å². The minimum atomic E-state index is -0.735. The minimum absolute atomic E-state index is 0.000682. The number of nitrogens with one attached hydrogen (secondary N) is 2. The summed E-state index contributed by atoms with van der Waals surface area (Å²) in [5, 5.41) is 15.2. The van der Waals surface area contributed by atoms with Gasteiger partial charge in [0, 0.05) is 23.5 Å². The average molecular weight is 503 g/mol. The van der Waals surface area contributed by atoms with Gasteiger partial charge in [0.05, 0.1) is 22.3 Å². The van der Waals surface area contributed by atoms with E-state index < -0.39 is 5.97 Å². The molecule has 180 valence electrons. The zero-order valence-electron chi connectivity index (χ0n) is 18.6. The molecule has 0 bridgehead atoms. The minimum Gasteiger partial charge on any atom is -0.490 e. The highest BCUT2D eigenvalue weighted by molar-refractivity contribution is 8.01. The Balaban J connectivity index is 1.16. The zero-order chi connectivity index (χ0) is 24.1. The number of benzene rings is 2. The van der Waals surface area contributed by atoms with Gasteiger partial charge in [-0.2, -0.15) is 0 Å². The van der Waals surface area contributed by atoms with Gasteiger partial charge >= 0.3 is 5.97 Å². The van der Waals surface area contributed by atoms with Gasteiger partial charge in [0.1, 0.15) is 5.75 Å². The van der Waals surface area contributed by atoms with Crippen molar-refractivity contribution in [1.29, 1.82) is 0 Å². The second-order valence-electron chi connectivity index (χ2n) is 8.54. The van der Waals surface area contributed by atoms with Gasteiger partial charge in [0.2, 0.25) is 5.91 Å². The second-order valence-corrected chi connectivity index (χ2v) is 10.2. The fourth-order valence-corrected chi connectivity index (χ4v) is 5.81. The van der Waals surface area contributed by atoms with Crippen molar-refractivity contribution < 1.29 is 24.2 Å². The van der Waals surface area contributed by atoms with Crippen LogP contribution in [-0.2, 0) is 16.0 Å². The lowest BCUT2D eigenvalue weighted by atomic mass is 9.87. The predicted molar refractivity (Wildman–Crippen MR) is 131 cm³/mol. The molecular formula is C25H27ClN2O5S. The van der Waals surface area contributed by atoms with Crippen LogP contribution in [0.25, 0.3) is 0 Å². The SMILES string of the molecule is O=C(NCCNC(=O)C1Cc2cccc(Cl)c2S1)c1ccc(O[C@H]2CC[C@@H](C(=O)O)CC2)cc1. The Labute approximate surface area is 207 Å². The normalized spacial score (nSPS) is 21.4. The van der Waals surface area contributed by atoms with E-state index in [0.29, 0.717) is 61.5 Å². The molecule has 0 saturated heterocycles. The number of fused-ring (bicyclic) bond motifs is 1. The molecule has 2 aromatic carbocycles. The fraction of sp³-hybridized carbons (Fsp3) is 0.400. The van der Waals surface area contributed by atoms with Crippen LogP contribution >= 0.6 is 23.4 Å². The van der Waals surface area contributed by atoms with E-state index in [1.807, 2.05) is 18.2 Å². The highest BCUT2D eigenvalue weighted by atomic mass is 35.5. The molecule has 1 aliphatic heterocycles. The van der Waals surface area contributed by atoms with Gasteiger partial charge in [-0.15, -0.1) is 11.8 Å². The van der Waals surface area contributed by atoms with Crippen LogP contribution in [0.5, 0.6) is 5.75 Å². The van der Waals surface area contributed by atoms with Gasteiger partial charge in [0.15, 0.2) is 0 Å². The topological polar surface area (TPSA) is 105 Å². The number of carbonyl (C=O) groups excluding carboxylic acids is 2. The second kappa shape index (κ2) is 11.1. The van der Waals surface area contributed by atoms with Crippen molar-refractivity contribution >= 4 is 41.1 Å². The Hall–Kier alpha value is -2.71. The van der Waals surface area contributed by atoms with Crippen LogP contribution in [0.4, 0.5) is 0 Å². The third kappa shape index (κ3) is 6.04. The number of halogens is 1. The predicted octanol–water partition coefficient (Wildman–Crippen LogP) is 3.93. The molecule has 3 N–H and O–H groups in total. The summed E-state index contributed by atoms with van der Waals surface area (Å²) in [5.41, 5.74) is 1.59. The van der Waals surface area contributed by atoms with Crippen LogP contribution in [0.15, 0.2) is 47.4 Å². The van der Waals surface area contributed by atoms with Gasteiger partial charge in [-0.25, -0.2) is 0 Å². The molecular weight excluding hydrogens is 476 g/mol. The number of carbonyl (C=O) groups is 3. The Morgan fingerprint density at radius 1 is 1.00 bits per heavy atom. The molecule has 7 nitrogen and oxygen atoms in total. The summed E-state index contributed by atoms with van der Waals surface area (Å²) >= 11 is 7.68. The first-order valence-corrected chi connectivity index (χ1v) is 12.7. The van der Waals surface area contributed by atoms with Crippen LogP contribution in [0.3, 0.4) is 0 Å². The van der Waals surface area contributed by atoms with Crippen LogP contribution in [-0.4, -0.2) is 47.3 Å². The summed E-state index contributed by atoms with van der Waals surface area (Å²) in [5.74, 6) is -0.635. The van der Waals surface area contributed by atoms with Gasteiger partial charge in [-0.05, 0) is 68.0 Å². The Kier molecular flexibility index (Phi) is 8.00. The molecule has 2 amide bonds. The number of ether oxygens (including phenoxy) is 1. The van der Waals surface area contributed by atoms with E-state index in [-0.39, 0.29) is 29.1 Å². The molecule has 0 aromatic heterocycles. The number of carboxylic acids is 1. The molecule has 0 radical (unpaired) electrons. The van der Waals surface area contributed by atoms with E-state index >= 15 is 0 Å². The van der Waals surface area contributed by atoms with Crippen LogP contribution in [0.1, 0.15) is 41.6 Å². The molecule has 4 rings (SSSR count). The van der Waals surface area contributed by atoms with Crippen LogP contribution in [0, 0.1) is 5.92 Å². The number of amides is 2. The fourth-order valence-electron chi connectivity index (χ4n) is 4.26. The molecule has 2 aromatic rings. The molecule has 9 heteroatoms. The molecule has 2 aliphatic rings. The number of carboxylic acid groups (broad SMARTS) is 1. The first kappa shape index (κ1) is 24.4. The standard InChI is InChI=1S/C25H27ClN2O5S/c26-20-3-1-2-17-14-21(34-22(17)20)24(30)28-13-12-27-23(29)15-4-8-18(9-5-15)33-19-10-6-16(7-11-19)25(31)32/h1-5,8-9,16,19,21H,6-7,10-14H2,(H,27,29)(H,28,30)(H,31,32)/t16-,19+,21?. The largest absolute Gasteiger partial charge is 0.490 e. The molecule has 1 heterocycles. The van der Waals surface area contributed by atoms with Crippen molar-refractivity contribution in [3.63, 3.8) is 0 Å². The summed E-state index contributed by atoms with van der Waals surface area (Å²) in [7, 11) is 0. The number of aliphatic carboxylic acids is 1. The number of hydrogen-bond acceptors (Lipinski definition) is 5. The third-order valence-corrected chi connectivity index (χ3v) is 7.97. The summed E-state index contributed by atoms with van der Waals surface area (Å²) in [6.45, 7) is 0.659. The molecule has 1 saturated carbocycles. The van der Waals surface area contributed by atoms with E-state index in [2.05, 4.69) is 10.6 Å². The van der Waals surface area contributed by atoms with Gasteiger partial charge in [-0.3, -0.25) is 14.4 Å². The summed E-state index contributed by atoms with van der Waals surface area (Å²) in [6.07, 6.45) is 3.32. The highest BCUT2D eigenvalue weighted by Crippen LogP contribution is 2.41. The average Bonchev–Trinajstić information content (AvgIpc) is 3.28. The van der Waals surface area contributed by atoms with Crippen molar-refractivity contribution in [2.24, 2.45) is 5.92 Å². The zero-order valence-corrected chi connectivity index (χ0v) is 20.2. The van der Waals surface area contributed by atoms with Crippen LogP contribution < -0.4 is 15.4 Å². The van der Waals surface area contributed by atoms with E-state index in [1.165, 1.54) is 11.8 Å². The lowest BCUT2D eigenvalue weighted by Crippen LogP contribution is -2.38. The molecule has 1 fully saturated rings. The first-order valence-electron chi connectivity index (χ1n) is 11.4. The maximum Gasteiger partial charge on any atom is 0.306 e. The van der Waals surface area contributed by atoms with Gasteiger partial charge < -0.3 is 20.5 Å². The molecule has 1 aliphatic carbocycles. The Morgan fingerprint density at radius 3 is 2.38 bits per heavy atom. The highest BCUT2D eigenvalue weighted by Gasteiger charge is 2.29. The molecule has 1 unspecified atom stereocenters. The van der Waals surface area contributed by atoms with E-state index in [4.69, 9.17) is 21.4 Å². The lowest BCUT2D eigenvalue weighted by molar-refractivity contribution is -0.143. The van der Waals surface area contributed by atoms with Gasteiger partial charge in [0.25, 0.3) is 5.91 Å². The molecule has 34 heavy (non-hydrogen) atoms. The summed E-state index contributed by atoms with van der Waals surface area (Å²) in [6, 6.07) is 12.6. The first-order chi connectivity index (χ1) is 16.4. The molecule has 0 spiro atoms. The van der Waals surface area contributed by atoms with Crippen LogP contribution in [0.2, 0.25) is 5.02 Å².